The van der Waals surface area contributed by atoms with Crippen LogP contribution in [0.3, 0.4) is 0 Å². The number of hydrogen-bond acceptors (Lipinski definition) is 3. The second-order valence-electron chi connectivity index (χ2n) is 5.31. The normalized spacial score (nSPS) is 24.9. The highest BCUT2D eigenvalue weighted by Gasteiger charge is 2.40. The van der Waals surface area contributed by atoms with Crippen molar-refractivity contribution in [3.63, 3.8) is 0 Å². The Morgan fingerprint density at radius 2 is 2.00 bits per heavy atom. The zero-order valence-corrected chi connectivity index (χ0v) is 10.0. The van der Waals surface area contributed by atoms with Crippen LogP contribution in [-0.2, 0) is 4.79 Å². The number of nitrogens with two attached hydrogens (primary N) is 1. The molecule has 0 spiro atoms. The summed E-state index contributed by atoms with van der Waals surface area (Å²) >= 11 is 0. The smallest absolute Gasteiger partial charge is 0.241 e. The molecule has 0 radical (unpaired) electrons. The molecule has 5 rings (SSSR count). The van der Waals surface area contributed by atoms with Crippen molar-refractivity contribution in [1.29, 1.82) is 0 Å². The van der Waals surface area contributed by atoms with Gasteiger partial charge in [-0.3, -0.25) is 4.79 Å². The maximum atomic E-state index is 11.4. The van der Waals surface area contributed by atoms with Crippen molar-refractivity contribution in [2.75, 3.05) is 6.54 Å². The first-order valence-electron chi connectivity index (χ1n) is 6.38. The molecule has 4 aliphatic rings. The molecule has 1 aromatic rings. The van der Waals surface area contributed by atoms with Crippen LogP contribution in [0.5, 0.6) is 0 Å². The van der Waals surface area contributed by atoms with Gasteiger partial charge in [-0.15, -0.1) is 0 Å². The summed E-state index contributed by atoms with van der Waals surface area (Å²) in [6.45, 7) is 0.705. The Labute approximate surface area is 105 Å². The van der Waals surface area contributed by atoms with Gasteiger partial charge >= 0.3 is 0 Å². The second kappa shape index (κ2) is 3.28. The molecule has 1 atom stereocenters. The monoisotopic (exact) mass is 241 g/mol. The second-order valence-corrected chi connectivity index (χ2v) is 5.31. The third-order valence-electron chi connectivity index (χ3n) is 4.29. The van der Waals surface area contributed by atoms with Gasteiger partial charge in [0.15, 0.2) is 0 Å². The van der Waals surface area contributed by atoms with E-state index < -0.39 is 0 Å². The van der Waals surface area contributed by atoms with Gasteiger partial charge in [0, 0.05) is 17.8 Å². The highest BCUT2D eigenvalue weighted by Crippen LogP contribution is 2.35. The van der Waals surface area contributed by atoms with Crippen LogP contribution in [0.1, 0.15) is 12.8 Å². The van der Waals surface area contributed by atoms with Crippen LogP contribution in [-0.4, -0.2) is 29.4 Å². The quantitative estimate of drug-likeness (QED) is 0.652. The third-order valence-corrected chi connectivity index (χ3v) is 4.29. The first-order chi connectivity index (χ1) is 8.74. The summed E-state index contributed by atoms with van der Waals surface area (Å²) in [5.41, 5.74) is 6.96. The fourth-order valence-corrected chi connectivity index (χ4v) is 3.25. The Kier molecular flexibility index (Phi) is 1.82. The van der Waals surface area contributed by atoms with E-state index in [0.29, 0.717) is 12.6 Å². The zero-order chi connectivity index (χ0) is 12.3. The van der Waals surface area contributed by atoms with Gasteiger partial charge in [0.1, 0.15) is 11.9 Å². The number of benzene rings is 1. The van der Waals surface area contributed by atoms with E-state index in [1.807, 2.05) is 6.07 Å². The van der Waals surface area contributed by atoms with Gasteiger partial charge in [0.2, 0.25) is 5.91 Å². The molecule has 1 saturated carbocycles. The summed E-state index contributed by atoms with van der Waals surface area (Å²) in [6, 6.07) is 8.72. The Bertz CT molecular complexity index is 656. The summed E-state index contributed by atoms with van der Waals surface area (Å²) in [4.78, 5) is 13.7. The minimum atomic E-state index is -0.267. The average Bonchev–Trinajstić information content (AvgIpc) is 2.64. The van der Waals surface area contributed by atoms with E-state index in [4.69, 9.17) is 5.73 Å². The molecule has 1 unspecified atom stereocenters. The molecule has 1 aliphatic carbocycles. The van der Waals surface area contributed by atoms with E-state index in [1.165, 1.54) is 16.0 Å². The first kappa shape index (κ1) is 10.00. The fraction of sp³-hybridized carbons (Fsp3) is 0.357. The van der Waals surface area contributed by atoms with Crippen LogP contribution < -0.4 is 21.5 Å². The fourth-order valence-electron chi connectivity index (χ4n) is 3.25. The maximum absolute atomic E-state index is 11.4. The Morgan fingerprint density at radius 1 is 1.28 bits per heavy atom. The van der Waals surface area contributed by atoms with E-state index in [-0.39, 0.29) is 11.9 Å². The van der Waals surface area contributed by atoms with E-state index in [0.717, 1.165) is 18.7 Å². The summed E-state index contributed by atoms with van der Waals surface area (Å²) in [6.07, 6.45) is 2.24. The van der Waals surface area contributed by atoms with Crippen LogP contribution in [0, 0.1) is 0 Å². The van der Waals surface area contributed by atoms with Gasteiger partial charge in [-0.1, -0.05) is 29.8 Å². The van der Waals surface area contributed by atoms with Gasteiger partial charge in [0.05, 0.1) is 0 Å². The minimum absolute atomic E-state index is 0.254. The van der Waals surface area contributed by atoms with Gasteiger partial charge in [-0.25, -0.2) is 0 Å². The lowest BCUT2D eigenvalue weighted by molar-refractivity contribution is -0.119. The van der Waals surface area contributed by atoms with Gasteiger partial charge in [-0.05, 0) is 18.1 Å². The number of primary amides is 1. The number of hydrogen-bond donors (Lipinski definition) is 2. The standard InChI is InChI=1S/C14H15N3O/c15-13(18)12-7-17-9-5-8(6-9)10-3-1-2-4-11(10)14(17)16-12/h1-4,9,12,16H,5-7H2,(H2,15,18). The maximum Gasteiger partial charge on any atom is 0.241 e. The minimum Gasteiger partial charge on any atom is -0.368 e. The number of carbonyl (C=O) groups excluding carboxylic acids is 1. The number of rotatable bonds is 1. The summed E-state index contributed by atoms with van der Waals surface area (Å²) in [5, 5.41) is 5.86. The lowest BCUT2D eigenvalue weighted by Crippen LogP contribution is -2.42. The Hall–Kier alpha value is -1.97. The zero-order valence-electron chi connectivity index (χ0n) is 10.0. The molecule has 3 heterocycles. The predicted molar refractivity (Wildman–Crippen MR) is 68.4 cm³/mol. The van der Waals surface area contributed by atoms with Gasteiger partial charge in [0.25, 0.3) is 0 Å². The number of amides is 1. The van der Waals surface area contributed by atoms with Crippen LogP contribution >= 0.6 is 0 Å². The van der Waals surface area contributed by atoms with Crippen molar-refractivity contribution < 1.29 is 4.79 Å². The van der Waals surface area contributed by atoms with E-state index in [1.54, 1.807) is 0 Å². The van der Waals surface area contributed by atoms with Crippen LogP contribution in [0.2, 0.25) is 0 Å². The van der Waals surface area contributed by atoms with Crippen molar-refractivity contribution in [3.8, 4) is 0 Å². The molecule has 3 N–H and O–H groups in total. The number of nitrogens with zero attached hydrogens (tertiary/aromatic N) is 1. The summed E-state index contributed by atoms with van der Waals surface area (Å²) in [5.74, 6) is 0.823. The molecular weight excluding hydrogens is 226 g/mol. The van der Waals surface area contributed by atoms with Crippen LogP contribution in [0.4, 0.5) is 0 Å². The third kappa shape index (κ3) is 1.17. The van der Waals surface area contributed by atoms with E-state index in [9.17, 15) is 4.79 Å². The highest BCUT2D eigenvalue weighted by molar-refractivity contribution is 5.83. The van der Waals surface area contributed by atoms with E-state index >= 15 is 0 Å². The molecule has 4 nitrogen and oxygen atoms in total. The Balaban J connectivity index is 1.98. The summed E-state index contributed by atoms with van der Waals surface area (Å²) < 4.78 is 0. The van der Waals surface area contributed by atoms with Crippen LogP contribution in [0.25, 0.3) is 11.4 Å². The van der Waals surface area contributed by atoms with Gasteiger partial charge in [-0.2, -0.15) is 0 Å². The largest absolute Gasteiger partial charge is 0.368 e. The summed E-state index contributed by atoms with van der Waals surface area (Å²) in [7, 11) is 0. The van der Waals surface area contributed by atoms with E-state index in [2.05, 4.69) is 28.4 Å². The molecule has 92 valence electrons. The van der Waals surface area contributed by atoms with Crippen molar-refractivity contribution in [2.45, 2.75) is 24.9 Å². The molecule has 1 saturated heterocycles. The van der Waals surface area contributed by atoms with Crippen molar-refractivity contribution >= 4 is 17.3 Å². The molecule has 1 aromatic carbocycles. The predicted octanol–water partition coefficient (Wildman–Crippen LogP) is -1.16. The molecular formula is C14H15N3O. The average molecular weight is 241 g/mol. The molecule has 2 fully saturated rings. The van der Waals surface area contributed by atoms with Gasteiger partial charge < -0.3 is 16.0 Å². The first-order valence-corrected chi connectivity index (χ1v) is 6.38. The highest BCUT2D eigenvalue weighted by atomic mass is 16.1. The molecule has 18 heavy (non-hydrogen) atoms. The molecule has 2 bridgehead atoms. The number of nitrogens with one attached hydrogen (secondary N) is 1. The van der Waals surface area contributed by atoms with Crippen LogP contribution in [0.15, 0.2) is 24.3 Å². The van der Waals surface area contributed by atoms with Crippen molar-refractivity contribution in [3.05, 3.63) is 34.7 Å². The van der Waals surface area contributed by atoms with Crippen molar-refractivity contribution in [2.24, 2.45) is 5.73 Å². The topological polar surface area (TPSA) is 58.4 Å². The lowest BCUT2D eigenvalue weighted by atomic mass is 9.84. The number of carbonyl (C=O) groups is 1. The molecule has 0 aromatic heterocycles. The lowest BCUT2D eigenvalue weighted by Gasteiger charge is -2.36. The molecule has 1 amide bonds. The molecule has 3 aliphatic heterocycles. The Morgan fingerprint density at radius 3 is 2.72 bits per heavy atom. The SMILES string of the molecule is NC(=O)C1CN2C(=c3ccccc3=C3CC2C3)N1. The van der Waals surface area contributed by atoms with Crippen molar-refractivity contribution in [1.82, 2.24) is 10.2 Å². The molecule has 4 heteroatoms.